The maximum absolute atomic E-state index is 11.8. The number of hydrogen-bond donors (Lipinski definition) is 0. The van der Waals surface area contributed by atoms with Gasteiger partial charge >= 0.3 is 5.63 Å². The minimum atomic E-state index is -0.362. The summed E-state index contributed by atoms with van der Waals surface area (Å²) < 4.78 is 5.18. The molecule has 1 heterocycles. The van der Waals surface area contributed by atoms with Crippen molar-refractivity contribution in [2.75, 3.05) is 0 Å². The maximum Gasteiger partial charge on any atom is 0.347 e. The molecule has 20 heavy (non-hydrogen) atoms. The maximum atomic E-state index is 11.8. The Balaban J connectivity index is 1.98. The van der Waals surface area contributed by atoms with Gasteiger partial charge in [-0.05, 0) is 30.7 Å². The molecule has 0 amide bonds. The summed E-state index contributed by atoms with van der Waals surface area (Å²) in [6.07, 6.45) is 3.58. The lowest BCUT2D eigenvalue weighted by molar-refractivity contribution is 0.491. The molecule has 0 radical (unpaired) electrons. The van der Waals surface area contributed by atoms with E-state index in [1.165, 1.54) is 5.56 Å². The second-order valence-electron chi connectivity index (χ2n) is 4.60. The summed E-state index contributed by atoms with van der Waals surface area (Å²) in [4.78, 5) is 16.1. The van der Waals surface area contributed by atoms with Crippen molar-refractivity contribution in [3.05, 3.63) is 76.0 Å². The van der Waals surface area contributed by atoms with Gasteiger partial charge in [0, 0.05) is 6.08 Å². The van der Waals surface area contributed by atoms with Gasteiger partial charge in [0.2, 0.25) is 5.89 Å². The molecule has 3 aromatic rings. The predicted molar refractivity (Wildman–Crippen MR) is 80.4 cm³/mol. The molecule has 0 aliphatic rings. The third-order valence-electron chi connectivity index (χ3n) is 3.05. The quantitative estimate of drug-likeness (QED) is 0.708. The van der Waals surface area contributed by atoms with Crippen molar-refractivity contribution in [1.29, 1.82) is 0 Å². The highest BCUT2D eigenvalue weighted by molar-refractivity contribution is 5.78. The van der Waals surface area contributed by atoms with Gasteiger partial charge in [0.25, 0.3) is 0 Å². The lowest BCUT2D eigenvalue weighted by Crippen LogP contribution is -2.02. The number of aryl methyl sites for hydroxylation is 1. The Morgan fingerprint density at radius 3 is 2.55 bits per heavy atom. The lowest BCUT2D eigenvalue weighted by Gasteiger charge is -1.97. The van der Waals surface area contributed by atoms with Gasteiger partial charge in [-0.15, -0.1) is 0 Å². The van der Waals surface area contributed by atoms with Crippen molar-refractivity contribution in [3.63, 3.8) is 0 Å². The second-order valence-corrected chi connectivity index (χ2v) is 4.60. The SMILES string of the molecule is Cc1ccc(C=Cc2nc3ccccc3c(=O)o2)cc1. The topological polar surface area (TPSA) is 43.1 Å². The van der Waals surface area contributed by atoms with E-state index in [1.54, 1.807) is 24.3 Å². The van der Waals surface area contributed by atoms with Crippen molar-refractivity contribution < 1.29 is 4.42 Å². The molecule has 98 valence electrons. The molecule has 3 rings (SSSR count). The fourth-order valence-electron chi connectivity index (χ4n) is 1.95. The number of fused-ring (bicyclic) bond motifs is 1. The molecule has 0 N–H and O–H groups in total. The van der Waals surface area contributed by atoms with Crippen LogP contribution in [0.25, 0.3) is 23.1 Å². The number of para-hydroxylation sites is 1. The third-order valence-corrected chi connectivity index (χ3v) is 3.05. The van der Waals surface area contributed by atoms with Crippen LogP contribution in [0.2, 0.25) is 0 Å². The second kappa shape index (κ2) is 5.13. The zero-order valence-corrected chi connectivity index (χ0v) is 11.0. The minimum absolute atomic E-state index is 0.314. The van der Waals surface area contributed by atoms with Gasteiger partial charge in [-0.2, -0.15) is 0 Å². The largest absolute Gasteiger partial charge is 0.404 e. The van der Waals surface area contributed by atoms with Crippen LogP contribution in [-0.2, 0) is 0 Å². The molecule has 0 unspecified atom stereocenters. The molecule has 0 saturated heterocycles. The first kappa shape index (κ1) is 12.4. The van der Waals surface area contributed by atoms with E-state index in [1.807, 2.05) is 43.3 Å². The standard InChI is InChI=1S/C17H13NO2/c1-12-6-8-13(9-7-12)10-11-16-18-15-5-3-2-4-14(15)17(19)20-16/h2-11H,1H3. The van der Waals surface area contributed by atoms with E-state index in [9.17, 15) is 4.79 Å². The van der Waals surface area contributed by atoms with Crippen LogP contribution in [0.4, 0.5) is 0 Å². The van der Waals surface area contributed by atoms with Gasteiger partial charge in [0.05, 0.1) is 10.9 Å². The highest BCUT2D eigenvalue weighted by Crippen LogP contribution is 2.11. The van der Waals surface area contributed by atoms with Crippen LogP contribution < -0.4 is 5.63 Å². The first-order chi connectivity index (χ1) is 9.72. The van der Waals surface area contributed by atoms with E-state index < -0.39 is 0 Å². The zero-order chi connectivity index (χ0) is 13.9. The van der Waals surface area contributed by atoms with Crippen LogP contribution in [0.3, 0.4) is 0 Å². The van der Waals surface area contributed by atoms with Crippen molar-refractivity contribution in [1.82, 2.24) is 4.98 Å². The summed E-state index contributed by atoms with van der Waals surface area (Å²) in [6, 6.07) is 15.2. The van der Waals surface area contributed by atoms with E-state index >= 15 is 0 Å². The smallest absolute Gasteiger partial charge is 0.347 e. The van der Waals surface area contributed by atoms with E-state index in [4.69, 9.17) is 4.42 Å². The van der Waals surface area contributed by atoms with Crippen LogP contribution in [0.1, 0.15) is 17.0 Å². The van der Waals surface area contributed by atoms with Gasteiger partial charge in [-0.1, -0.05) is 42.0 Å². The normalized spacial score (nSPS) is 11.2. The summed E-state index contributed by atoms with van der Waals surface area (Å²) in [6.45, 7) is 2.04. The number of nitrogens with zero attached hydrogens (tertiary/aromatic N) is 1. The summed E-state index contributed by atoms with van der Waals surface area (Å²) >= 11 is 0. The molecule has 1 aromatic heterocycles. The Kier molecular flexibility index (Phi) is 3.17. The highest BCUT2D eigenvalue weighted by Gasteiger charge is 2.02. The van der Waals surface area contributed by atoms with Crippen molar-refractivity contribution >= 4 is 23.1 Å². The third kappa shape index (κ3) is 2.52. The summed E-state index contributed by atoms with van der Waals surface area (Å²) in [5, 5.41) is 0.500. The molecule has 0 aliphatic carbocycles. The van der Waals surface area contributed by atoms with E-state index in [0.717, 1.165) is 5.56 Å². The van der Waals surface area contributed by atoms with E-state index in [0.29, 0.717) is 16.8 Å². The molecule has 3 nitrogen and oxygen atoms in total. The monoisotopic (exact) mass is 263 g/mol. The molecule has 0 bridgehead atoms. The van der Waals surface area contributed by atoms with Gasteiger partial charge in [0.1, 0.15) is 0 Å². The Hall–Kier alpha value is -2.68. The van der Waals surface area contributed by atoms with E-state index in [2.05, 4.69) is 4.98 Å². The van der Waals surface area contributed by atoms with Gasteiger partial charge in [0.15, 0.2) is 0 Å². The zero-order valence-electron chi connectivity index (χ0n) is 11.0. The molecular formula is C17H13NO2. The van der Waals surface area contributed by atoms with Crippen LogP contribution in [0.15, 0.2) is 57.7 Å². The predicted octanol–water partition coefficient (Wildman–Crippen LogP) is 3.67. The Bertz CT molecular complexity index is 829. The summed E-state index contributed by atoms with van der Waals surface area (Å²) in [7, 11) is 0. The van der Waals surface area contributed by atoms with Crippen LogP contribution in [0.5, 0.6) is 0 Å². The Morgan fingerprint density at radius 1 is 1.00 bits per heavy atom. The first-order valence-electron chi connectivity index (χ1n) is 6.37. The number of benzene rings is 2. The van der Waals surface area contributed by atoms with Gasteiger partial charge in [-0.3, -0.25) is 0 Å². The number of hydrogen-bond acceptors (Lipinski definition) is 3. The Morgan fingerprint density at radius 2 is 1.75 bits per heavy atom. The molecule has 0 fully saturated rings. The van der Waals surface area contributed by atoms with Crippen molar-refractivity contribution in [3.8, 4) is 0 Å². The molecule has 0 atom stereocenters. The van der Waals surface area contributed by atoms with Crippen molar-refractivity contribution in [2.45, 2.75) is 6.92 Å². The fraction of sp³-hybridized carbons (Fsp3) is 0.0588. The molecular weight excluding hydrogens is 250 g/mol. The van der Waals surface area contributed by atoms with Crippen LogP contribution >= 0.6 is 0 Å². The van der Waals surface area contributed by atoms with Crippen LogP contribution in [-0.4, -0.2) is 4.98 Å². The molecule has 0 saturated carbocycles. The fourth-order valence-corrected chi connectivity index (χ4v) is 1.95. The average Bonchev–Trinajstić information content (AvgIpc) is 2.47. The Labute approximate surface area is 116 Å². The molecule has 0 aliphatic heterocycles. The van der Waals surface area contributed by atoms with Crippen LogP contribution in [0, 0.1) is 6.92 Å². The number of aromatic nitrogens is 1. The molecule has 0 spiro atoms. The van der Waals surface area contributed by atoms with Gasteiger partial charge < -0.3 is 4.42 Å². The lowest BCUT2D eigenvalue weighted by atomic mass is 10.1. The molecule has 2 aromatic carbocycles. The summed E-state index contributed by atoms with van der Waals surface area (Å²) in [5.41, 5.74) is 2.53. The first-order valence-corrected chi connectivity index (χ1v) is 6.37. The highest BCUT2D eigenvalue weighted by atomic mass is 16.4. The van der Waals surface area contributed by atoms with Gasteiger partial charge in [-0.25, -0.2) is 9.78 Å². The van der Waals surface area contributed by atoms with E-state index in [-0.39, 0.29) is 5.63 Å². The van der Waals surface area contributed by atoms with Crippen molar-refractivity contribution in [2.24, 2.45) is 0 Å². The average molecular weight is 263 g/mol. The minimum Gasteiger partial charge on any atom is -0.404 e. The summed E-state index contributed by atoms with van der Waals surface area (Å²) in [5.74, 6) is 0.314. The number of rotatable bonds is 2. The molecule has 3 heteroatoms.